The Labute approximate surface area is 105 Å². The van der Waals surface area contributed by atoms with Crippen LogP contribution in [0.1, 0.15) is 24.8 Å². The number of nitrogens with zero attached hydrogens (tertiary/aromatic N) is 1. The van der Waals surface area contributed by atoms with Crippen LogP contribution in [0.2, 0.25) is 0 Å². The number of hydrogen-bond acceptors (Lipinski definition) is 3. The summed E-state index contributed by atoms with van der Waals surface area (Å²) < 4.78 is 13.1. The van der Waals surface area contributed by atoms with Crippen molar-refractivity contribution in [3.8, 4) is 5.75 Å². The molecule has 2 N–H and O–H groups in total. The Morgan fingerprint density at radius 1 is 1.44 bits per heavy atom. The van der Waals surface area contributed by atoms with Crippen molar-refractivity contribution in [1.29, 1.82) is 0 Å². The van der Waals surface area contributed by atoms with Crippen molar-refractivity contribution in [3.63, 3.8) is 0 Å². The van der Waals surface area contributed by atoms with Crippen molar-refractivity contribution in [2.75, 3.05) is 6.54 Å². The molecule has 18 heavy (non-hydrogen) atoms. The maximum atomic E-state index is 13.1. The molecule has 1 unspecified atom stereocenters. The van der Waals surface area contributed by atoms with Gasteiger partial charge in [0.1, 0.15) is 11.6 Å². The Kier molecular flexibility index (Phi) is 3.81. The first-order valence-electron chi connectivity index (χ1n) is 5.99. The summed E-state index contributed by atoms with van der Waals surface area (Å²) in [6.07, 6.45) is 1.92. The molecule has 0 spiro atoms. The fourth-order valence-corrected chi connectivity index (χ4v) is 2.50. The summed E-state index contributed by atoms with van der Waals surface area (Å²) in [5, 5.41) is 18.1. The lowest BCUT2D eigenvalue weighted by atomic mass is 10.1. The molecule has 1 aromatic carbocycles. The van der Waals surface area contributed by atoms with Crippen LogP contribution in [-0.2, 0) is 11.3 Å². The van der Waals surface area contributed by atoms with Gasteiger partial charge in [0.15, 0.2) is 0 Å². The number of likely N-dealkylation sites (tertiary alicyclic amines) is 1. The second-order valence-corrected chi connectivity index (χ2v) is 4.68. The third-order valence-corrected chi connectivity index (χ3v) is 3.24. The number of halogens is 1. The van der Waals surface area contributed by atoms with Crippen molar-refractivity contribution in [2.24, 2.45) is 0 Å². The van der Waals surface area contributed by atoms with Gasteiger partial charge in [0.05, 0.1) is 6.42 Å². The predicted molar refractivity (Wildman–Crippen MR) is 63.7 cm³/mol. The molecule has 0 amide bonds. The van der Waals surface area contributed by atoms with E-state index in [2.05, 4.69) is 0 Å². The highest BCUT2D eigenvalue weighted by Crippen LogP contribution is 2.24. The van der Waals surface area contributed by atoms with E-state index in [0.29, 0.717) is 12.1 Å². The highest BCUT2D eigenvalue weighted by Gasteiger charge is 2.26. The van der Waals surface area contributed by atoms with Crippen LogP contribution in [0.4, 0.5) is 4.39 Å². The monoisotopic (exact) mass is 253 g/mol. The van der Waals surface area contributed by atoms with Crippen LogP contribution in [0.3, 0.4) is 0 Å². The van der Waals surface area contributed by atoms with Crippen LogP contribution in [0, 0.1) is 5.82 Å². The number of carbonyl (C=O) groups is 1. The van der Waals surface area contributed by atoms with E-state index in [9.17, 15) is 14.3 Å². The van der Waals surface area contributed by atoms with Gasteiger partial charge in [0, 0.05) is 18.7 Å². The molecule has 5 heteroatoms. The van der Waals surface area contributed by atoms with Crippen LogP contribution in [-0.4, -0.2) is 33.7 Å². The van der Waals surface area contributed by atoms with Crippen LogP contribution in [0.15, 0.2) is 18.2 Å². The normalized spacial score (nSPS) is 20.2. The number of aliphatic carboxylic acids is 1. The molecular weight excluding hydrogens is 237 g/mol. The molecule has 1 aromatic rings. The lowest BCUT2D eigenvalue weighted by Crippen LogP contribution is -2.30. The fourth-order valence-electron chi connectivity index (χ4n) is 2.50. The van der Waals surface area contributed by atoms with Gasteiger partial charge < -0.3 is 10.2 Å². The zero-order chi connectivity index (χ0) is 13.1. The molecule has 98 valence electrons. The Balaban J connectivity index is 2.05. The van der Waals surface area contributed by atoms with Crippen LogP contribution in [0.25, 0.3) is 0 Å². The van der Waals surface area contributed by atoms with E-state index in [1.54, 1.807) is 0 Å². The summed E-state index contributed by atoms with van der Waals surface area (Å²) >= 11 is 0. The average Bonchev–Trinajstić information content (AvgIpc) is 2.63. The molecule has 0 bridgehead atoms. The standard InChI is InChI=1S/C13H16FNO3/c14-10-4-9(5-12(16)6-10)8-15-3-1-2-11(15)7-13(17)18/h4-6,11,16H,1-3,7-8H2,(H,17,18). The lowest BCUT2D eigenvalue weighted by molar-refractivity contribution is -0.138. The molecule has 0 radical (unpaired) electrons. The number of phenolic OH excluding ortho intramolecular Hbond substituents is 1. The maximum absolute atomic E-state index is 13.1. The molecule has 2 rings (SSSR count). The molecule has 0 aromatic heterocycles. The van der Waals surface area contributed by atoms with Crippen LogP contribution < -0.4 is 0 Å². The van der Waals surface area contributed by atoms with Crippen molar-refractivity contribution >= 4 is 5.97 Å². The van der Waals surface area contributed by atoms with Crippen LogP contribution in [0.5, 0.6) is 5.75 Å². The highest BCUT2D eigenvalue weighted by atomic mass is 19.1. The third kappa shape index (κ3) is 3.20. The van der Waals surface area contributed by atoms with Crippen molar-refractivity contribution < 1.29 is 19.4 Å². The largest absolute Gasteiger partial charge is 0.508 e. The van der Waals surface area contributed by atoms with Crippen molar-refractivity contribution in [3.05, 3.63) is 29.6 Å². The molecule has 1 heterocycles. The summed E-state index contributed by atoms with van der Waals surface area (Å²) in [6.45, 7) is 1.29. The van der Waals surface area contributed by atoms with E-state index in [1.807, 2.05) is 4.90 Å². The van der Waals surface area contributed by atoms with Gasteiger partial charge in [-0.3, -0.25) is 9.69 Å². The Hall–Kier alpha value is -1.62. The Morgan fingerprint density at radius 3 is 2.89 bits per heavy atom. The molecule has 0 saturated carbocycles. The van der Waals surface area contributed by atoms with E-state index in [-0.39, 0.29) is 18.2 Å². The molecule has 0 aliphatic carbocycles. The SMILES string of the molecule is O=C(O)CC1CCCN1Cc1cc(O)cc(F)c1. The van der Waals surface area contributed by atoms with Crippen LogP contribution >= 0.6 is 0 Å². The first kappa shape index (κ1) is 12.8. The smallest absolute Gasteiger partial charge is 0.304 e. The summed E-state index contributed by atoms with van der Waals surface area (Å²) in [4.78, 5) is 12.8. The summed E-state index contributed by atoms with van der Waals surface area (Å²) in [6, 6.07) is 3.95. The highest BCUT2D eigenvalue weighted by molar-refractivity contribution is 5.67. The predicted octanol–water partition coefficient (Wildman–Crippen LogP) is 1.97. The molecule has 1 atom stereocenters. The van der Waals surface area contributed by atoms with E-state index in [1.165, 1.54) is 12.1 Å². The zero-order valence-corrected chi connectivity index (χ0v) is 9.97. The first-order chi connectivity index (χ1) is 8.54. The summed E-state index contributed by atoms with van der Waals surface area (Å²) in [7, 11) is 0. The molecule has 1 fully saturated rings. The van der Waals surface area contributed by atoms with Gasteiger partial charge in [-0.2, -0.15) is 0 Å². The van der Waals surface area contributed by atoms with Crippen molar-refractivity contribution in [1.82, 2.24) is 4.90 Å². The number of carboxylic acids is 1. The second-order valence-electron chi connectivity index (χ2n) is 4.68. The molecule has 1 saturated heterocycles. The number of phenols is 1. The quantitative estimate of drug-likeness (QED) is 0.861. The minimum absolute atomic E-state index is 0.00732. The first-order valence-corrected chi connectivity index (χ1v) is 5.99. The topological polar surface area (TPSA) is 60.8 Å². The number of hydrogen-bond donors (Lipinski definition) is 2. The fraction of sp³-hybridized carbons (Fsp3) is 0.462. The summed E-state index contributed by atoms with van der Waals surface area (Å²) in [5.41, 5.74) is 0.671. The molecule has 1 aliphatic rings. The van der Waals surface area contributed by atoms with E-state index < -0.39 is 11.8 Å². The van der Waals surface area contributed by atoms with Gasteiger partial charge in [-0.15, -0.1) is 0 Å². The van der Waals surface area contributed by atoms with Gasteiger partial charge in [0.2, 0.25) is 0 Å². The number of carboxylic acid groups (broad SMARTS) is 1. The number of aromatic hydroxyl groups is 1. The van der Waals surface area contributed by atoms with E-state index in [0.717, 1.165) is 25.5 Å². The Bertz CT molecular complexity index is 430. The number of benzene rings is 1. The van der Waals surface area contributed by atoms with Gasteiger partial charge in [0.25, 0.3) is 0 Å². The number of rotatable bonds is 4. The van der Waals surface area contributed by atoms with E-state index in [4.69, 9.17) is 5.11 Å². The van der Waals surface area contributed by atoms with E-state index >= 15 is 0 Å². The van der Waals surface area contributed by atoms with Gasteiger partial charge in [-0.25, -0.2) is 4.39 Å². The maximum Gasteiger partial charge on any atom is 0.304 e. The minimum Gasteiger partial charge on any atom is -0.508 e. The second kappa shape index (κ2) is 5.35. The molecule has 1 aliphatic heterocycles. The molecule has 4 nitrogen and oxygen atoms in total. The minimum atomic E-state index is -0.811. The zero-order valence-electron chi connectivity index (χ0n) is 9.97. The van der Waals surface area contributed by atoms with Crippen molar-refractivity contribution in [2.45, 2.75) is 31.8 Å². The van der Waals surface area contributed by atoms with Gasteiger partial charge in [-0.1, -0.05) is 0 Å². The Morgan fingerprint density at radius 2 is 2.22 bits per heavy atom. The van der Waals surface area contributed by atoms with Gasteiger partial charge >= 0.3 is 5.97 Å². The summed E-state index contributed by atoms with van der Waals surface area (Å²) in [5.74, 6) is -1.38. The lowest BCUT2D eigenvalue weighted by Gasteiger charge is -2.23. The third-order valence-electron chi connectivity index (χ3n) is 3.24. The average molecular weight is 253 g/mol. The van der Waals surface area contributed by atoms with Gasteiger partial charge in [-0.05, 0) is 37.1 Å². The molecular formula is C13H16FNO3.